The van der Waals surface area contributed by atoms with Crippen LogP contribution in [0.1, 0.15) is 141 Å². The van der Waals surface area contributed by atoms with E-state index < -0.39 is 0 Å². The van der Waals surface area contributed by atoms with Gasteiger partial charge in [0, 0.05) is 64.1 Å². The van der Waals surface area contributed by atoms with E-state index in [0.717, 1.165) is 107 Å². The summed E-state index contributed by atoms with van der Waals surface area (Å²) in [6.07, 6.45) is 37.8. The van der Waals surface area contributed by atoms with E-state index in [4.69, 9.17) is 0 Å². The lowest BCUT2D eigenvalue weighted by Gasteiger charge is -2.57. The number of nitrogens with zero attached hydrogens (tertiary/aromatic N) is 4. The topological polar surface area (TPSA) is 90.5 Å². The zero-order valence-electron chi connectivity index (χ0n) is 36.2. The Balaban J connectivity index is 0.000000177. The molecule has 0 spiro atoms. The SMILES string of the molecule is CC=CCN(CCC12CC3CC(CC(C3)C1)C2)C(=O)NCCCc1ccncc1.CCCN(CCCC12CC3CC(CC(C3)C1)C2)C(=O)NCCCc1ccncc1. The number of hydrogen-bond donors (Lipinski definition) is 2. The molecule has 4 amide bonds. The van der Waals surface area contributed by atoms with Crippen molar-refractivity contribution < 1.29 is 9.59 Å². The second kappa shape index (κ2) is 20.7. The monoisotopic (exact) mass is 793 g/mol. The molecule has 8 bridgehead atoms. The van der Waals surface area contributed by atoms with Gasteiger partial charge in [-0.3, -0.25) is 9.97 Å². The zero-order valence-corrected chi connectivity index (χ0v) is 36.2. The molecule has 2 heterocycles. The molecule has 10 rings (SSSR count). The summed E-state index contributed by atoms with van der Waals surface area (Å²) in [7, 11) is 0. The number of carbonyl (C=O) groups excluding carboxylic acids is 2. The van der Waals surface area contributed by atoms with Crippen LogP contribution in [0.15, 0.2) is 61.2 Å². The Morgan fingerprint density at radius 1 is 0.621 bits per heavy atom. The minimum absolute atomic E-state index is 0.0996. The molecule has 0 saturated heterocycles. The van der Waals surface area contributed by atoms with Crippen LogP contribution in [0.3, 0.4) is 0 Å². The van der Waals surface area contributed by atoms with Crippen LogP contribution in [0.5, 0.6) is 0 Å². The first-order chi connectivity index (χ1) is 28.3. The zero-order chi connectivity index (χ0) is 40.2. The molecule has 2 aromatic rings. The minimum Gasteiger partial charge on any atom is -0.338 e. The predicted octanol–water partition coefficient (Wildman–Crippen LogP) is 10.6. The molecule has 8 nitrogen and oxygen atoms in total. The van der Waals surface area contributed by atoms with Gasteiger partial charge in [0.1, 0.15) is 0 Å². The van der Waals surface area contributed by atoms with E-state index in [2.05, 4.69) is 56.7 Å². The van der Waals surface area contributed by atoms with Crippen molar-refractivity contribution in [3.8, 4) is 0 Å². The van der Waals surface area contributed by atoms with Crippen LogP contribution in [-0.4, -0.2) is 71.1 Å². The van der Waals surface area contributed by atoms with Gasteiger partial charge in [-0.25, -0.2) is 9.59 Å². The van der Waals surface area contributed by atoms with Gasteiger partial charge < -0.3 is 20.4 Å². The van der Waals surface area contributed by atoms with E-state index in [-0.39, 0.29) is 12.1 Å². The molecule has 8 heteroatoms. The van der Waals surface area contributed by atoms with Gasteiger partial charge in [0.15, 0.2) is 0 Å². The molecule has 2 aromatic heterocycles. The van der Waals surface area contributed by atoms with Gasteiger partial charge >= 0.3 is 12.1 Å². The van der Waals surface area contributed by atoms with Gasteiger partial charge in [-0.05, 0) is 217 Å². The average Bonchev–Trinajstić information content (AvgIpc) is 3.21. The Labute approximate surface area is 351 Å². The van der Waals surface area contributed by atoms with Crippen molar-refractivity contribution in [1.82, 2.24) is 30.4 Å². The smallest absolute Gasteiger partial charge is 0.317 e. The van der Waals surface area contributed by atoms with Crippen molar-refractivity contribution >= 4 is 12.1 Å². The summed E-state index contributed by atoms with van der Waals surface area (Å²) >= 11 is 0. The van der Waals surface area contributed by atoms with Crippen LogP contribution in [0.4, 0.5) is 9.59 Å². The lowest BCUT2D eigenvalue weighted by atomic mass is 9.48. The van der Waals surface area contributed by atoms with Crippen LogP contribution < -0.4 is 10.6 Å². The highest BCUT2D eigenvalue weighted by Crippen LogP contribution is 2.62. The molecule has 8 aliphatic carbocycles. The first kappa shape index (κ1) is 42.7. The van der Waals surface area contributed by atoms with E-state index in [1.54, 1.807) is 0 Å². The fourth-order valence-corrected chi connectivity index (χ4v) is 13.6. The first-order valence-corrected chi connectivity index (χ1v) is 23.8. The number of hydrogen-bond acceptors (Lipinski definition) is 4. The summed E-state index contributed by atoms with van der Waals surface area (Å²) in [6, 6.07) is 8.43. The fraction of sp³-hybridized carbons (Fsp3) is 0.720. The molecule has 0 aromatic carbocycles. The van der Waals surface area contributed by atoms with Crippen molar-refractivity contribution in [3.63, 3.8) is 0 Å². The first-order valence-electron chi connectivity index (χ1n) is 23.8. The number of allylic oxidation sites excluding steroid dienone is 1. The second-order valence-corrected chi connectivity index (χ2v) is 20.1. The minimum atomic E-state index is 0.0996. The lowest BCUT2D eigenvalue weighted by Crippen LogP contribution is -2.48. The molecular weight excluding hydrogens is 717 g/mol. The van der Waals surface area contributed by atoms with Gasteiger partial charge in [-0.15, -0.1) is 0 Å². The molecule has 8 aliphatic rings. The van der Waals surface area contributed by atoms with E-state index in [0.29, 0.717) is 10.8 Å². The standard InChI is InChI=1S/C25H39N3O.C25H37N3O/c1-2-12-28(24(29)27-9-3-5-20-6-10-26-11-7-20)13-4-8-25-17-21-14-22(18-25)16-23(15-21)19-25;1-2-3-12-28(24(29)27-9-4-5-20-6-10-26-11-7-20)13-8-25-17-21-14-22(18-25)16-23(15-21)19-25/h6-7,10-11,21-23H,2-5,8-9,12-19H2,1H3,(H,27,29);2-3,6-7,10-11,21-23H,4-5,8-9,12-19H2,1H3,(H,27,29). The average molecular weight is 793 g/mol. The van der Waals surface area contributed by atoms with E-state index in [1.165, 1.54) is 107 Å². The van der Waals surface area contributed by atoms with Gasteiger partial charge in [0.25, 0.3) is 0 Å². The summed E-state index contributed by atoms with van der Waals surface area (Å²) < 4.78 is 0. The molecule has 58 heavy (non-hydrogen) atoms. The molecule has 0 atom stereocenters. The molecule has 0 unspecified atom stereocenters. The number of amides is 4. The number of aromatic nitrogens is 2. The van der Waals surface area contributed by atoms with E-state index in [9.17, 15) is 9.59 Å². The molecule has 2 N–H and O–H groups in total. The van der Waals surface area contributed by atoms with Crippen molar-refractivity contribution in [2.75, 3.05) is 39.3 Å². The largest absolute Gasteiger partial charge is 0.338 e. The van der Waals surface area contributed by atoms with Crippen LogP contribution in [-0.2, 0) is 12.8 Å². The third kappa shape index (κ3) is 11.9. The summed E-state index contributed by atoms with van der Waals surface area (Å²) in [5.41, 5.74) is 3.73. The molecule has 318 valence electrons. The number of aryl methyl sites for hydroxylation is 2. The van der Waals surface area contributed by atoms with Gasteiger partial charge in [-0.1, -0.05) is 19.1 Å². The van der Waals surface area contributed by atoms with Gasteiger partial charge in [0.2, 0.25) is 0 Å². The molecule has 0 radical (unpaired) electrons. The Morgan fingerprint density at radius 2 is 1.05 bits per heavy atom. The maximum absolute atomic E-state index is 12.8. The molecule has 8 saturated carbocycles. The number of nitrogens with one attached hydrogen (secondary N) is 2. The van der Waals surface area contributed by atoms with Gasteiger partial charge in [0.05, 0.1) is 0 Å². The van der Waals surface area contributed by atoms with E-state index >= 15 is 0 Å². The van der Waals surface area contributed by atoms with Crippen molar-refractivity contribution in [1.29, 1.82) is 0 Å². The Bertz CT molecular complexity index is 1520. The maximum Gasteiger partial charge on any atom is 0.317 e. The van der Waals surface area contributed by atoms with Crippen molar-refractivity contribution in [2.45, 2.75) is 142 Å². The molecular formula is C50H76N6O2. The van der Waals surface area contributed by atoms with Crippen LogP contribution in [0.25, 0.3) is 0 Å². The number of carbonyl (C=O) groups is 2. The Kier molecular flexibility index (Phi) is 15.2. The summed E-state index contributed by atoms with van der Waals surface area (Å²) in [5.74, 6) is 6.01. The fourth-order valence-electron chi connectivity index (χ4n) is 13.6. The summed E-state index contributed by atoms with van der Waals surface area (Å²) in [6.45, 7) is 9.09. The number of pyridine rings is 2. The van der Waals surface area contributed by atoms with Crippen LogP contribution in [0.2, 0.25) is 0 Å². The van der Waals surface area contributed by atoms with Crippen LogP contribution >= 0.6 is 0 Å². The Morgan fingerprint density at radius 3 is 1.48 bits per heavy atom. The number of urea groups is 2. The summed E-state index contributed by atoms with van der Waals surface area (Å²) in [4.78, 5) is 37.8. The second-order valence-electron chi connectivity index (χ2n) is 20.1. The Hall–Kier alpha value is -3.42. The molecule has 0 aliphatic heterocycles. The quantitative estimate of drug-likeness (QED) is 0.109. The van der Waals surface area contributed by atoms with Crippen molar-refractivity contribution in [3.05, 3.63) is 72.3 Å². The lowest BCUT2D eigenvalue weighted by molar-refractivity contribution is -0.0594. The van der Waals surface area contributed by atoms with E-state index in [1.807, 2.05) is 48.7 Å². The normalized spacial score (nSPS) is 29.9. The highest BCUT2D eigenvalue weighted by Gasteiger charge is 2.51. The maximum atomic E-state index is 12.8. The third-order valence-corrected chi connectivity index (χ3v) is 15.3. The third-order valence-electron chi connectivity index (χ3n) is 15.3. The van der Waals surface area contributed by atoms with Crippen molar-refractivity contribution in [2.24, 2.45) is 46.3 Å². The highest BCUT2D eigenvalue weighted by molar-refractivity contribution is 5.74. The van der Waals surface area contributed by atoms with Crippen LogP contribution in [0, 0.1) is 46.3 Å². The predicted molar refractivity (Wildman–Crippen MR) is 235 cm³/mol. The summed E-state index contributed by atoms with van der Waals surface area (Å²) in [5, 5.41) is 6.31. The molecule has 8 fully saturated rings. The van der Waals surface area contributed by atoms with Gasteiger partial charge in [-0.2, -0.15) is 0 Å². The number of rotatable bonds is 19. The highest BCUT2D eigenvalue weighted by atomic mass is 16.2.